The minimum absolute atomic E-state index is 0.820. The van der Waals surface area contributed by atoms with Crippen LogP contribution in [-0.4, -0.2) is 51.3 Å². The molecular formula is C13H26N2O. The molecule has 3 heteroatoms. The number of rotatable bonds is 8. The molecule has 0 saturated carbocycles. The van der Waals surface area contributed by atoms with Crippen LogP contribution in [0.3, 0.4) is 0 Å². The number of hydrogen-bond donors (Lipinski definition) is 1. The minimum atomic E-state index is 0.820. The minimum Gasteiger partial charge on any atom is -0.383 e. The van der Waals surface area contributed by atoms with Crippen molar-refractivity contribution in [2.24, 2.45) is 5.92 Å². The fourth-order valence-corrected chi connectivity index (χ4v) is 2.23. The highest BCUT2D eigenvalue weighted by Crippen LogP contribution is 2.16. The van der Waals surface area contributed by atoms with Crippen molar-refractivity contribution in [2.45, 2.75) is 19.3 Å². The Hall–Kier alpha value is -0.380. The first kappa shape index (κ1) is 13.7. The predicted octanol–water partition coefficient (Wildman–Crippen LogP) is 1.51. The molecule has 1 saturated heterocycles. The highest BCUT2D eigenvalue weighted by atomic mass is 16.5. The molecule has 0 aromatic carbocycles. The highest BCUT2D eigenvalue weighted by Gasteiger charge is 2.14. The van der Waals surface area contributed by atoms with E-state index in [2.05, 4.69) is 16.8 Å². The third-order valence-corrected chi connectivity index (χ3v) is 3.31. The van der Waals surface area contributed by atoms with Crippen molar-refractivity contribution in [3.8, 4) is 0 Å². The third kappa shape index (κ3) is 5.64. The second-order valence-corrected chi connectivity index (χ2v) is 4.56. The van der Waals surface area contributed by atoms with Crippen LogP contribution in [-0.2, 0) is 4.74 Å². The van der Waals surface area contributed by atoms with E-state index >= 15 is 0 Å². The summed E-state index contributed by atoms with van der Waals surface area (Å²) in [5.41, 5.74) is 0. The lowest BCUT2D eigenvalue weighted by Crippen LogP contribution is -2.33. The molecule has 0 aliphatic carbocycles. The van der Waals surface area contributed by atoms with Crippen LogP contribution >= 0.6 is 0 Å². The Morgan fingerprint density at radius 2 is 2.12 bits per heavy atom. The van der Waals surface area contributed by atoms with Crippen molar-refractivity contribution in [3.05, 3.63) is 12.7 Å². The van der Waals surface area contributed by atoms with Gasteiger partial charge in [0.1, 0.15) is 0 Å². The summed E-state index contributed by atoms with van der Waals surface area (Å²) in [4.78, 5) is 2.43. The van der Waals surface area contributed by atoms with E-state index in [1.54, 1.807) is 7.11 Å². The molecule has 1 aliphatic rings. The van der Waals surface area contributed by atoms with E-state index in [-0.39, 0.29) is 0 Å². The Labute approximate surface area is 99.8 Å². The standard InChI is InChI=1S/C13H26N2O/c1-3-9-15(11-12-16-2)10-6-13-4-7-14-8-5-13/h3,13-14H,1,4-12H2,2H3. The summed E-state index contributed by atoms with van der Waals surface area (Å²) in [6.45, 7) is 10.2. The zero-order chi connectivity index (χ0) is 11.6. The molecule has 1 aliphatic heterocycles. The van der Waals surface area contributed by atoms with E-state index in [1.807, 2.05) is 6.08 Å². The molecule has 1 heterocycles. The van der Waals surface area contributed by atoms with Crippen molar-refractivity contribution in [1.82, 2.24) is 10.2 Å². The molecule has 0 aromatic heterocycles. The number of piperidine rings is 1. The van der Waals surface area contributed by atoms with Crippen LogP contribution in [0.4, 0.5) is 0 Å². The lowest BCUT2D eigenvalue weighted by Gasteiger charge is -2.26. The lowest BCUT2D eigenvalue weighted by atomic mass is 9.94. The van der Waals surface area contributed by atoms with E-state index in [1.165, 1.54) is 38.9 Å². The molecule has 94 valence electrons. The quantitative estimate of drug-likeness (QED) is 0.635. The first-order valence-corrected chi connectivity index (χ1v) is 6.39. The summed E-state index contributed by atoms with van der Waals surface area (Å²) in [6.07, 6.45) is 5.98. The number of nitrogens with one attached hydrogen (secondary N) is 1. The second kappa shape index (κ2) is 8.74. The summed E-state index contributed by atoms with van der Waals surface area (Å²) in [7, 11) is 1.76. The van der Waals surface area contributed by atoms with Gasteiger partial charge in [0.15, 0.2) is 0 Å². The maximum atomic E-state index is 5.12. The van der Waals surface area contributed by atoms with Gasteiger partial charge in [0.05, 0.1) is 6.61 Å². The smallest absolute Gasteiger partial charge is 0.0589 e. The van der Waals surface area contributed by atoms with Gasteiger partial charge in [-0.2, -0.15) is 0 Å². The first-order chi connectivity index (χ1) is 7.86. The van der Waals surface area contributed by atoms with Gasteiger partial charge in [0.2, 0.25) is 0 Å². The fraction of sp³-hybridized carbons (Fsp3) is 0.846. The van der Waals surface area contributed by atoms with Gasteiger partial charge >= 0.3 is 0 Å². The van der Waals surface area contributed by atoms with Gasteiger partial charge in [0, 0.05) is 20.2 Å². The van der Waals surface area contributed by atoms with Gasteiger partial charge in [-0.1, -0.05) is 6.08 Å². The SMILES string of the molecule is C=CCN(CCOC)CCC1CCNCC1. The van der Waals surface area contributed by atoms with E-state index in [9.17, 15) is 0 Å². The van der Waals surface area contributed by atoms with Gasteiger partial charge in [-0.15, -0.1) is 6.58 Å². The van der Waals surface area contributed by atoms with Crippen molar-refractivity contribution in [3.63, 3.8) is 0 Å². The van der Waals surface area contributed by atoms with Gasteiger partial charge in [-0.25, -0.2) is 0 Å². The van der Waals surface area contributed by atoms with Crippen LogP contribution in [0, 0.1) is 5.92 Å². The summed E-state index contributed by atoms with van der Waals surface area (Å²) in [6, 6.07) is 0. The summed E-state index contributed by atoms with van der Waals surface area (Å²) in [5.74, 6) is 0.913. The number of nitrogens with zero attached hydrogens (tertiary/aromatic N) is 1. The highest BCUT2D eigenvalue weighted by molar-refractivity contribution is 4.75. The van der Waals surface area contributed by atoms with Crippen molar-refractivity contribution in [2.75, 3.05) is 46.4 Å². The van der Waals surface area contributed by atoms with Crippen LogP contribution in [0.25, 0.3) is 0 Å². The van der Waals surface area contributed by atoms with Crippen molar-refractivity contribution >= 4 is 0 Å². The van der Waals surface area contributed by atoms with Crippen LogP contribution in [0.2, 0.25) is 0 Å². The second-order valence-electron chi connectivity index (χ2n) is 4.56. The summed E-state index contributed by atoms with van der Waals surface area (Å²) >= 11 is 0. The number of hydrogen-bond acceptors (Lipinski definition) is 3. The molecule has 0 amide bonds. The molecule has 0 aromatic rings. The van der Waals surface area contributed by atoms with Gasteiger partial charge in [-0.3, -0.25) is 4.90 Å². The molecule has 3 nitrogen and oxygen atoms in total. The van der Waals surface area contributed by atoms with E-state index in [0.717, 1.165) is 25.6 Å². The average molecular weight is 226 g/mol. The summed E-state index contributed by atoms with van der Waals surface area (Å²) in [5, 5.41) is 3.41. The molecule has 0 spiro atoms. The Bertz CT molecular complexity index is 179. The molecule has 1 fully saturated rings. The monoisotopic (exact) mass is 226 g/mol. The van der Waals surface area contributed by atoms with Gasteiger partial charge in [0.25, 0.3) is 0 Å². The molecule has 1 rings (SSSR count). The van der Waals surface area contributed by atoms with Crippen LogP contribution in [0.1, 0.15) is 19.3 Å². The maximum Gasteiger partial charge on any atom is 0.0589 e. The third-order valence-electron chi connectivity index (χ3n) is 3.31. The molecular weight excluding hydrogens is 200 g/mol. The molecule has 16 heavy (non-hydrogen) atoms. The number of ether oxygens (including phenoxy) is 1. The van der Waals surface area contributed by atoms with E-state index in [0.29, 0.717) is 0 Å². The molecule has 1 N–H and O–H groups in total. The number of methoxy groups -OCH3 is 1. The van der Waals surface area contributed by atoms with Crippen molar-refractivity contribution < 1.29 is 4.74 Å². The normalized spacial score (nSPS) is 17.9. The Morgan fingerprint density at radius 1 is 1.38 bits per heavy atom. The lowest BCUT2D eigenvalue weighted by molar-refractivity contribution is 0.148. The topological polar surface area (TPSA) is 24.5 Å². The van der Waals surface area contributed by atoms with Gasteiger partial charge in [-0.05, 0) is 44.8 Å². The Kier molecular flexibility index (Phi) is 7.47. The Morgan fingerprint density at radius 3 is 2.75 bits per heavy atom. The Balaban J connectivity index is 2.16. The summed E-state index contributed by atoms with van der Waals surface area (Å²) < 4.78 is 5.12. The maximum absolute atomic E-state index is 5.12. The molecule has 0 atom stereocenters. The molecule has 0 radical (unpaired) electrons. The zero-order valence-electron chi connectivity index (χ0n) is 10.6. The van der Waals surface area contributed by atoms with E-state index in [4.69, 9.17) is 4.74 Å². The first-order valence-electron chi connectivity index (χ1n) is 6.39. The molecule has 0 unspecified atom stereocenters. The predicted molar refractivity (Wildman–Crippen MR) is 68.7 cm³/mol. The van der Waals surface area contributed by atoms with Crippen molar-refractivity contribution in [1.29, 1.82) is 0 Å². The average Bonchev–Trinajstić information content (AvgIpc) is 2.34. The van der Waals surface area contributed by atoms with E-state index < -0.39 is 0 Å². The van der Waals surface area contributed by atoms with Crippen LogP contribution < -0.4 is 5.32 Å². The fourth-order valence-electron chi connectivity index (χ4n) is 2.23. The van der Waals surface area contributed by atoms with Crippen LogP contribution in [0.5, 0.6) is 0 Å². The van der Waals surface area contributed by atoms with Crippen LogP contribution in [0.15, 0.2) is 12.7 Å². The molecule has 0 bridgehead atoms. The largest absolute Gasteiger partial charge is 0.383 e. The zero-order valence-corrected chi connectivity index (χ0v) is 10.6. The van der Waals surface area contributed by atoms with Gasteiger partial charge < -0.3 is 10.1 Å².